The van der Waals surface area contributed by atoms with E-state index >= 15 is 0 Å². The summed E-state index contributed by atoms with van der Waals surface area (Å²) in [4.78, 5) is 48.8. The first kappa shape index (κ1) is 27.6. The zero-order valence-corrected chi connectivity index (χ0v) is 23.1. The Hall–Kier alpha value is -4.97. The lowest BCUT2D eigenvalue weighted by Gasteiger charge is -2.33. The number of rotatable bonds is 8. The van der Waals surface area contributed by atoms with Crippen molar-refractivity contribution in [2.45, 2.75) is 13.8 Å². The molecule has 0 aliphatic carbocycles. The topological polar surface area (TPSA) is 142 Å². The number of nitrogens with one attached hydrogen (secondary N) is 3. The molecular formula is C29H31N7O5. The van der Waals surface area contributed by atoms with Gasteiger partial charge in [0.05, 0.1) is 12.1 Å². The summed E-state index contributed by atoms with van der Waals surface area (Å²) in [5, 5.41) is 9.38. The first-order chi connectivity index (χ1) is 19.8. The lowest BCUT2D eigenvalue weighted by Crippen LogP contribution is -2.49. The fraction of sp³-hybridized carbons (Fsp3) is 0.276. The molecule has 3 amide bonds. The second kappa shape index (κ2) is 12.0. The minimum atomic E-state index is -0.214. The van der Waals surface area contributed by atoms with Gasteiger partial charge in [-0.25, -0.2) is 4.98 Å². The van der Waals surface area contributed by atoms with Gasteiger partial charge in [-0.2, -0.15) is 4.98 Å². The summed E-state index contributed by atoms with van der Waals surface area (Å²) < 4.78 is 11.7. The third kappa shape index (κ3) is 6.61. The number of aromatic nitrogens is 2. The number of aryl methyl sites for hydroxylation is 1. The van der Waals surface area contributed by atoms with Gasteiger partial charge in [0.25, 0.3) is 5.91 Å². The van der Waals surface area contributed by atoms with E-state index in [0.717, 1.165) is 0 Å². The smallest absolute Gasteiger partial charge is 0.255 e. The Morgan fingerprint density at radius 3 is 2.56 bits per heavy atom. The van der Waals surface area contributed by atoms with Crippen LogP contribution in [-0.4, -0.2) is 77.3 Å². The molecule has 5 rings (SSSR count). The van der Waals surface area contributed by atoms with Gasteiger partial charge in [0.1, 0.15) is 17.1 Å². The molecule has 2 aromatic carbocycles. The largest absolute Gasteiger partial charge is 0.460 e. The van der Waals surface area contributed by atoms with E-state index in [9.17, 15) is 14.4 Å². The zero-order chi connectivity index (χ0) is 28.9. The monoisotopic (exact) mass is 557 g/mol. The first-order valence-electron chi connectivity index (χ1n) is 13.2. The molecule has 0 atom stereocenters. The van der Waals surface area contributed by atoms with Crippen LogP contribution in [0.5, 0.6) is 11.6 Å². The highest BCUT2D eigenvalue weighted by atomic mass is 16.5. The number of hydrogen-bond acceptors (Lipinski definition) is 9. The Labute approximate surface area is 236 Å². The third-order valence-corrected chi connectivity index (χ3v) is 6.73. The lowest BCUT2D eigenvalue weighted by atomic mass is 10.1. The molecule has 2 aromatic heterocycles. The Morgan fingerprint density at radius 1 is 1.02 bits per heavy atom. The molecule has 12 heteroatoms. The fourth-order valence-electron chi connectivity index (χ4n) is 4.68. The number of piperazine rings is 1. The minimum absolute atomic E-state index is 0.0579. The zero-order valence-electron chi connectivity index (χ0n) is 23.1. The van der Waals surface area contributed by atoms with Crippen LogP contribution < -0.4 is 20.7 Å². The summed E-state index contributed by atoms with van der Waals surface area (Å²) in [7, 11) is 1.58. The van der Waals surface area contributed by atoms with Crippen molar-refractivity contribution >= 4 is 46.0 Å². The standard InChI is InChI=1S/C29H31N7O5/c1-18-27(28(39)30-3)23-8-7-22(16-24(23)40-18)41-26-9-10-31-29(34-26)33-21-6-4-5-20(15-21)32-25(38)17-35-11-13-36(14-12-35)19(2)37/h4-10,15-16H,11-14,17H2,1-3H3,(H,30,39)(H,32,38)(H,31,33,34). The highest BCUT2D eigenvalue weighted by molar-refractivity contribution is 6.07. The maximum absolute atomic E-state index is 12.6. The SMILES string of the molecule is CNC(=O)c1c(C)oc2cc(Oc3ccnc(Nc4cccc(NC(=O)CN5CCN(C(C)=O)CC5)c4)n3)ccc12. The summed E-state index contributed by atoms with van der Waals surface area (Å²) in [5.41, 5.74) is 2.34. The van der Waals surface area contributed by atoms with Crippen molar-refractivity contribution in [3.63, 3.8) is 0 Å². The predicted molar refractivity (Wildman–Crippen MR) is 153 cm³/mol. The lowest BCUT2D eigenvalue weighted by molar-refractivity contribution is -0.130. The van der Waals surface area contributed by atoms with Crippen molar-refractivity contribution in [3.05, 3.63) is 66.1 Å². The van der Waals surface area contributed by atoms with E-state index in [4.69, 9.17) is 9.15 Å². The summed E-state index contributed by atoms with van der Waals surface area (Å²) in [5.74, 6) is 1.35. The summed E-state index contributed by atoms with van der Waals surface area (Å²) in [6.07, 6.45) is 1.57. The van der Waals surface area contributed by atoms with E-state index in [0.29, 0.717) is 77.4 Å². The highest BCUT2D eigenvalue weighted by Crippen LogP contribution is 2.31. The molecule has 0 spiro atoms. The van der Waals surface area contributed by atoms with Crippen LogP contribution in [0.2, 0.25) is 0 Å². The number of anilines is 3. The molecule has 1 fully saturated rings. The van der Waals surface area contributed by atoms with Gasteiger partial charge >= 0.3 is 0 Å². The molecule has 3 heterocycles. The maximum Gasteiger partial charge on any atom is 0.255 e. The molecule has 1 aliphatic rings. The highest BCUT2D eigenvalue weighted by Gasteiger charge is 2.21. The van der Waals surface area contributed by atoms with Crippen LogP contribution in [0.1, 0.15) is 23.0 Å². The van der Waals surface area contributed by atoms with Gasteiger partial charge in [0.2, 0.25) is 23.6 Å². The molecule has 212 valence electrons. The number of carbonyl (C=O) groups excluding carboxylic acids is 3. The number of benzene rings is 2. The third-order valence-electron chi connectivity index (χ3n) is 6.73. The Morgan fingerprint density at radius 2 is 1.80 bits per heavy atom. The van der Waals surface area contributed by atoms with Gasteiger partial charge in [-0.15, -0.1) is 0 Å². The summed E-state index contributed by atoms with van der Waals surface area (Å²) >= 11 is 0. The molecule has 0 saturated carbocycles. The number of fused-ring (bicyclic) bond motifs is 1. The number of ether oxygens (including phenoxy) is 1. The average Bonchev–Trinajstić information content (AvgIpc) is 3.28. The van der Waals surface area contributed by atoms with Crippen LogP contribution in [0, 0.1) is 6.92 Å². The molecule has 12 nitrogen and oxygen atoms in total. The first-order valence-corrected chi connectivity index (χ1v) is 13.2. The molecule has 0 unspecified atom stereocenters. The van der Waals surface area contributed by atoms with Crippen LogP contribution in [0.3, 0.4) is 0 Å². The van der Waals surface area contributed by atoms with Crippen molar-refractivity contribution in [2.75, 3.05) is 50.4 Å². The van der Waals surface area contributed by atoms with Crippen LogP contribution in [0.15, 0.2) is 59.1 Å². The Kier molecular flexibility index (Phi) is 8.11. The second-order valence-corrected chi connectivity index (χ2v) is 9.63. The van der Waals surface area contributed by atoms with Crippen LogP contribution in [0.25, 0.3) is 11.0 Å². The normalized spacial score (nSPS) is 13.6. The van der Waals surface area contributed by atoms with E-state index in [-0.39, 0.29) is 24.3 Å². The molecule has 4 aromatic rings. The Balaban J connectivity index is 1.20. The average molecular weight is 558 g/mol. The van der Waals surface area contributed by atoms with Gasteiger partial charge in [-0.3, -0.25) is 19.3 Å². The van der Waals surface area contributed by atoms with Crippen molar-refractivity contribution in [2.24, 2.45) is 0 Å². The van der Waals surface area contributed by atoms with Gasteiger partial charge in [0, 0.05) is 75.2 Å². The number of nitrogens with zero attached hydrogens (tertiary/aromatic N) is 4. The molecule has 41 heavy (non-hydrogen) atoms. The van der Waals surface area contributed by atoms with Gasteiger partial charge < -0.3 is 30.0 Å². The quantitative estimate of drug-likeness (QED) is 0.297. The molecule has 1 aliphatic heterocycles. The molecule has 3 N–H and O–H groups in total. The summed E-state index contributed by atoms with van der Waals surface area (Å²) in [6, 6.07) is 14.1. The van der Waals surface area contributed by atoms with E-state index in [2.05, 4.69) is 25.9 Å². The van der Waals surface area contributed by atoms with Crippen LogP contribution in [-0.2, 0) is 9.59 Å². The molecular weight excluding hydrogens is 526 g/mol. The Bertz CT molecular complexity index is 1590. The van der Waals surface area contributed by atoms with E-state index in [1.165, 1.54) is 0 Å². The number of amides is 3. The van der Waals surface area contributed by atoms with Crippen LogP contribution in [0.4, 0.5) is 17.3 Å². The number of furan rings is 1. The van der Waals surface area contributed by atoms with Crippen molar-refractivity contribution in [3.8, 4) is 11.6 Å². The molecule has 0 radical (unpaired) electrons. The van der Waals surface area contributed by atoms with E-state index in [1.54, 1.807) is 68.4 Å². The maximum atomic E-state index is 12.6. The van der Waals surface area contributed by atoms with E-state index in [1.807, 2.05) is 17.0 Å². The van der Waals surface area contributed by atoms with Gasteiger partial charge in [-0.1, -0.05) is 6.07 Å². The number of hydrogen-bond donors (Lipinski definition) is 3. The number of carbonyl (C=O) groups is 3. The minimum Gasteiger partial charge on any atom is -0.460 e. The second-order valence-electron chi connectivity index (χ2n) is 9.63. The molecule has 0 bridgehead atoms. The summed E-state index contributed by atoms with van der Waals surface area (Å²) in [6.45, 7) is 6.13. The fourth-order valence-corrected chi connectivity index (χ4v) is 4.68. The van der Waals surface area contributed by atoms with Crippen molar-refractivity contribution < 1.29 is 23.5 Å². The van der Waals surface area contributed by atoms with Gasteiger partial charge in [0.15, 0.2) is 0 Å². The predicted octanol–water partition coefficient (Wildman–Crippen LogP) is 3.53. The van der Waals surface area contributed by atoms with Gasteiger partial charge in [-0.05, 0) is 37.3 Å². The van der Waals surface area contributed by atoms with E-state index < -0.39 is 0 Å². The van der Waals surface area contributed by atoms with Crippen LogP contribution >= 0.6 is 0 Å². The molecule has 1 saturated heterocycles. The van der Waals surface area contributed by atoms with Crippen molar-refractivity contribution in [1.29, 1.82) is 0 Å². The van der Waals surface area contributed by atoms with Crippen molar-refractivity contribution in [1.82, 2.24) is 25.1 Å².